The highest BCUT2D eigenvalue weighted by atomic mass is 31.1. The number of rotatable bonds is 5. The summed E-state index contributed by atoms with van der Waals surface area (Å²) in [6.07, 6.45) is 8.86. The van der Waals surface area contributed by atoms with Crippen molar-refractivity contribution in [3.8, 4) is 5.75 Å². The lowest BCUT2D eigenvalue weighted by molar-refractivity contribution is 0.244. The minimum absolute atomic E-state index is 0.269. The van der Waals surface area contributed by atoms with E-state index >= 15 is 0 Å². The first kappa shape index (κ1) is 13.9. The molecule has 100 valence electrons. The van der Waals surface area contributed by atoms with Crippen molar-refractivity contribution < 1.29 is 4.74 Å². The molecule has 1 aliphatic carbocycles. The third kappa shape index (κ3) is 4.28. The normalized spacial score (nSPS) is 17.7. The van der Waals surface area contributed by atoms with Gasteiger partial charge >= 0.3 is 0 Å². The summed E-state index contributed by atoms with van der Waals surface area (Å²) in [7, 11) is 0.909. The highest BCUT2D eigenvalue weighted by Gasteiger charge is 2.14. The van der Waals surface area contributed by atoms with E-state index in [2.05, 4.69) is 38.1 Å². The standard InChI is InChI=1S/C16H25OP/c1-13(2)17-15-10-6-7-11-16(15)18-12-14-8-4-3-5-9-14/h6-7,10-11,13-14,18H,3-5,8-9,12H2,1-2H3. The second-order valence-electron chi connectivity index (χ2n) is 5.55. The monoisotopic (exact) mass is 264 g/mol. The molecule has 2 rings (SSSR count). The van der Waals surface area contributed by atoms with Crippen LogP contribution in [0.5, 0.6) is 5.75 Å². The Morgan fingerprint density at radius 2 is 1.89 bits per heavy atom. The molecule has 0 aliphatic heterocycles. The molecule has 2 heteroatoms. The van der Waals surface area contributed by atoms with Crippen LogP contribution in [0.4, 0.5) is 0 Å². The van der Waals surface area contributed by atoms with Crippen molar-refractivity contribution in [3.05, 3.63) is 24.3 Å². The van der Waals surface area contributed by atoms with Crippen molar-refractivity contribution in [2.75, 3.05) is 6.16 Å². The Balaban J connectivity index is 1.91. The maximum Gasteiger partial charge on any atom is 0.127 e. The van der Waals surface area contributed by atoms with Crippen molar-refractivity contribution in [3.63, 3.8) is 0 Å². The molecule has 0 spiro atoms. The second kappa shape index (κ2) is 7.14. The van der Waals surface area contributed by atoms with E-state index in [1.807, 2.05) is 0 Å². The van der Waals surface area contributed by atoms with Crippen molar-refractivity contribution in [1.29, 1.82) is 0 Å². The summed E-state index contributed by atoms with van der Waals surface area (Å²) in [5.74, 6) is 2.06. The average molecular weight is 264 g/mol. The molecule has 0 bridgehead atoms. The first-order valence-corrected chi connectivity index (χ1v) is 8.46. The van der Waals surface area contributed by atoms with E-state index in [4.69, 9.17) is 4.74 Å². The maximum absolute atomic E-state index is 5.89. The van der Waals surface area contributed by atoms with Crippen LogP contribution in [-0.4, -0.2) is 12.3 Å². The average Bonchev–Trinajstić information content (AvgIpc) is 2.38. The molecule has 0 amide bonds. The summed E-state index contributed by atoms with van der Waals surface area (Å²) in [4.78, 5) is 0. The van der Waals surface area contributed by atoms with Gasteiger partial charge in [0, 0.05) is 5.30 Å². The number of hydrogen-bond acceptors (Lipinski definition) is 1. The van der Waals surface area contributed by atoms with E-state index in [-0.39, 0.29) is 6.10 Å². The zero-order chi connectivity index (χ0) is 12.8. The van der Waals surface area contributed by atoms with E-state index in [9.17, 15) is 0 Å². The van der Waals surface area contributed by atoms with Crippen molar-refractivity contribution in [2.45, 2.75) is 52.1 Å². The minimum atomic E-state index is 0.269. The fourth-order valence-electron chi connectivity index (χ4n) is 2.61. The molecule has 18 heavy (non-hydrogen) atoms. The Labute approximate surface area is 113 Å². The van der Waals surface area contributed by atoms with Crippen LogP contribution in [0.2, 0.25) is 0 Å². The van der Waals surface area contributed by atoms with Gasteiger partial charge in [-0.1, -0.05) is 58.9 Å². The quantitative estimate of drug-likeness (QED) is 0.718. The molecule has 1 fully saturated rings. The fourth-order valence-corrected chi connectivity index (χ4v) is 4.06. The van der Waals surface area contributed by atoms with E-state index in [1.54, 1.807) is 0 Å². The predicted octanol–water partition coefficient (Wildman–Crippen LogP) is 4.36. The summed E-state index contributed by atoms with van der Waals surface area (Å²) in [6.45, 7) is 4.20. The molecule has 1 atom stereocenters. The highest BCUT2D eigenvalue weighted by Crippen LogP contribution is 2.30. The predicted molar refractivity (Wildman–Crippen MR) is 81.6 cm³/mol. The lowest BCUT2D eigenvalue weighted by Gasteiger charge is -2.22. The van der Waals surface area contributed by atoms with Crippen molar-refractivity contribution in [2.24, 2.45) is 5.92 Å². The number of benzene rings is 1. The van der Waals surface area contributed by atoms with Gasteiger partial charge in [-0.2, -0.15) is 0 Å². The molecular formula is C16H25OP. The molecule has 1 saturated carbocycles. The summed E-state index contributed by atoms with van der Waals surface area (Å²) in [5, 5.41) is 1.41. The van der Waals surface area contributed by atoms with Gasteiger partial charge in [0.15, 0.2) is 0 Å². The van der Waals surface area contributed by atoms with Crippen LogP contribution in [0, 0.1) is 5.92 Å². The molecule has 0 aromatic heterocycles. The Morgan fingerprint density at radius 1 is 1.17 bits per heavy atom. The number of para-hydroxylation sites is 1. The van der Waals surface area contributed by atoms with Gasteiger partial charge in [-0.3, -0.25) is 0 Å². The third-order valence-corrected chi connectivity index (χ3v) is 5.13. The van der Waals surface area contributed by atoms with Crippen molar-refractivity contribution >= 4 is 13.9 Å². The van der Waals surface area contributed by atoms with Gasteiger partial charge in [0.05, 0.1) is 6.10 Å². The number of hydrogen-bond donors (Lipinski definition) is 0. The molecule has 1 nitrogen and oxygen atoms in total. The Hall–Kier alpha value is -0.550. The summed E-state index contributed by atoms with van der Waals surface area (Å²) >= 11 is 0. The van der Waals surface area contributed by atoms with Gasteiger partial charge in [-0.05, 0) is 32.0 Å². The lowest BCUT2D eigenvalue weighted by atomic mass is 9.91. The first-order chi connectivity index (χ1) is 8.75. The van der Waals surface area contributed by atoms with E-state index < -0.39 is 0 Å². The highest BCUT2D eigenvalue weighted by molar-refractivity contribution is 7.47. The molecule has 0 heterocycles. The molecular weight excluding hydrogens is 239 g/mol. The Bertz CT molecular complexity index is 356. The molecule has 1 aliphatic rings. The van der Waals surface area contributed by atoms with Crippen LogP contribution in [0.15, 0.2) is 24.3 Å². The second-order valence-corrected chi connectivity index (χ2v) is 6.85. The van der Waals surface area contributed by atoms with Gasteiger partial charge in [-0.25, -0.2) is 0 Å². The van der Waals surface area contributed by atoms with Gasteiger partial charge < -0.3 is 4.74 Å². The Kier molecular flexibility index (Phi) is 5.50. The van der Waals surface area contributed by atoms with Gasteiger partial charge in [0.1, 0.15) is 5.75 Å². The summed E-state index contributed by atoms with van der Waals surface area (Å²) in [5.41, 5.74) is 0. The van der Waals surface area contributed by atoms with Gasteiger partial charge in [0.25, 0.3) is 0 Å². The minimum Gasteiger partial charge on any atom is -0.490 e. The van der Waals surface area contributed by atoms with Gasteiger partial charge in [-0.15, -0.1) is 0 Å². The smallest absolute Gasteiger partial charge is 0.127 e. The third-order valence-electron chi connectivity index (χ3n) is 3.56. The molecule has 1 unspecified atom stereocenters. The van der Waals surface area contributed by atoms with E-state index in [0.29, 0.717) is 0 Å². The largest absolute Gasteiger partial charge is 0.490 e. The molecule has 1 aromatic carbocycles. The van der Waals surface area contributed by atoms with Crippen LogP contribution in [0.1, 0.15) is 46.0 Å². The zero-order valence-corrected chi connectivity index (χ0v) is 12.6. The number of ether oxygens (including phenoxy) is 1. The van der Waals surface area contributed by atoms with Crippen LogP contribution in [0.25, 0.3) is 0 Å². The Morgan fingerprint density at radius 3 is 2.61 bits per heavy atom. The summed E-state index contributed by atoms with van der Waals surface area (Å²) < 4.78 is 5.89. The van der Waals surface area contributed by atoms with Crippen LogP contribution >= 0.6 is 8.58 Å². The zero-order valence-electron chi connectivity index (χ0n) is 11.6. The van der Waals surface area contributed by atoms with Gasteiger partial charge in [0.2, 0.25) is 0 Å². The molecule has 0 N–H and O–H groups in total. The van der Waals surface area contributed by atoms with Crippen LogP contribution in [-0.2, 0) is 0 Å². The topological polar surface area (TPSA) is 9.23 Å². The molecule has 1 aromatic rings. The van der Waals surface area contributed by atoms with Crippen LogP contribution < -0.4 is 10.0 Å². The lowest BCUT2D eigenvalue weighted by Crippen LogP contribution is -2.14. The maximum atomic E-state index is 5.89. The molecule has 0 saturated heterocycles. The first-order valence-electron chi connectivity index (χ1n) is 7.25. The van der Waals surface area contributed by atoms with Crippen LogP contribution in [0.3, 0.4) is 0 Å². The summed E-state index contributed by atoms with van der Waals surface area (Å²) in [6, 6.07) is 8.56. The fraction of sp³-hybridized carbons (Fsp3) is 0.625. The van der Waals surface area contributed by atoms with E-state index in [0.717, 1.165) is 20.2 Å². The van der Waals surface area contributed by atoms with E-state index in [1.165, 1.54) is 43.6 Å². The SMILES string of the molecule is CC(C)Oc1ccccc1PCC1CCCCC1. The molecule has 0 radical (unpaired) electrons. The van der Waals surface area contributed by atoms with Crippen molar-refractivity contribution in [1.82, 2.24) is 0 Å².